The highest BCUT2D eigenvalue weighted by molar-refractivity contribution is 7.89. The number of hydrogen-bond donors (Lipinski definition) is 1. The number of nitrogens with zero attached hydrogens (tertiary/aromatic N) is 1. The number of halogens is 1. The van der Waals surface area contributed by atoms with Crippen LogP contribution in [0.1, 0.15) is 44.6 Å². The lowest BCUT2D eigenvalue weighted by Crippen LogP contribution is -2.49. The Morgan fingerprint density at radius 2 is 1.71 bits per heavy atom. The molecule has 2 aromatic rings. The van der Waals surface area contributed by atoms with Crippen molar-refractivity contribution < 1.29 is 13.2 Å². The minimum Gasteiger partial charge on any atom is -0.325 e. The van der Waals surface area contributed by atoms with Crippen LogP contribution in [-0.4, -0.2) is 31.2 Å². The van der Waals surface area contributed by atoms with Gasteiger partial charge in [0.25, 0.3) is 0 Å². The smallest absolute Gasteiger partial charge is 0.243 e. The Morgan fingerprint density at radius 3 is 2.32 bits per heavy atom. The molecule has 0 aromatic heterocycles. The summed E-state index contributed by atoms with van der Waals surface area (Å²) in [5, 5.41) is 3.34. The van der Waals surface area contributed by atoms with Gasteiger partial charge in [0, 0.05) is 17.3 Å². The maximum atomic E-state index is 13.1. The van der Waals surface area contributed by atoms with Gasteiger partial charge in [0.15, 0.2) is 0 Å². The fraction of sp³-hybridized carbons (Fsp3) is 0.381. The zero-order valence-corrected chi connectivity index (χ0v) is 17.6. The zero-order chi connectivity index (χ0) is 20.3. The summed E-state index contributed by atoms with van der Waals surface area (Å²) < 4.78 is 27.5. The summed E-state index contributed by atoms with van der Waals surface area (Å²) in [7, 11) is -3.77. The van der Waals surface area contributed by atoms with Crippen LogP contribution in [0, 0.1) is 0 Å². The molecule has 1 aliphatic heterocycles. The molecule has 2 aromatic carbocycles. The second-order valence-corrected chi connectivity index (χ2v) is 9.67. The molecule has 1 fully saturated rings. The third kappa shape index (κ3) is 4.57. The van der Waals surface area contributed by atoms with Gasteiger partial charge in [-0.25, -0.2) is 8.42 Å². The fourth-order valence-electron chi connectivity index (χ4n) is 3.37. The maximum Gasteiger partial charge on any atom is 0.243 e. The Bertz CT molecular complexity index is 925. The molecule has 0 saturated carbocycles. The molecule has 0 spiro atoms. The minimum absolute atomic E-state index is 0.151. The average Bonchev–Trinajstić information content (AvgIpc) is 2.68. The van der Waals surface area contributed by atoms with Crippen molar-refractivity contribution in [3.05, 3.63) is 59.1 Å². The van der Waals surface area contributed by atoms with Gasteiger partial charge in [0.2, 0.25) is 15.9 Å². The van der Waals surface area contributed by atoms with Gasteiger partial charge in [-0.2, -0.15) is 4.31 Å². The van der Waals surface area contributed by atoms with E-state index in [4.69, 9.17) is 11.6 Å². The van der Waals surface area contributed by atoms with Gasteiger partial charge in [0.05, 0.1) is 4.90 Å². The molecule has 5 nitrogen and oxygen atoms in total. The molecule has 1 N–H and O–H groups in total. The van der Waals surface area contributed by atoms with Crippen LogP contribution in [0.25, 0.3) is 0 Å². The third-order valence-electron chi connectivity index (χ3n) is 5.02. The van der Waals surface area contributed by atoms with Crippen molar-refractivity contribution in [1.82, 2.24) is 4.31 Å². The summed E-state index contributed by atoms with van der Waals surface area (Å²) in [5.74, 6) is 0.109. The lowest BCUT2D eigenvalue weighted by Gasteiger charge is -2.33. The van der Waals surface area contributed by atoms with E-state index < -0.39 is 16.1 Å². The number of amides is 1. The molecule has 1 heterocycles. The topological polar surface area (TPSA) is 66.5 Å². The van der Waals surface area contributed by atoms with Gasteiger partial charge >= 0.3 is 0 Å². The van der Waals surface area contributed by atoms with Gasteiger partial charge in [-0.1, -0.05) is 44.0 Å². The number of piperidine rings is 1. The van der Waals surface area contributed by atoms with Gasteiger partial charge in [-0.3, -0.25) is 4.79 Å². The molecule has 1 saturated heterocycles. The monoisotopic (exact) mass is 420 g/mol. The van der Waals surface area contributed by atoms with E-state index in [1.54, 1.807) is 12.1 Å². The second-order valence-electron chi connectivity index (χ2n) is 7.35. The highest BCUT2D eigenvalue weighted by atomic mass is 35.5. The first-order valence-corrected chi connectivity index (χ1v) is 11.3. The van der Waals surface area contributed by atoms with Crippen molar-refractivity contribution in [2.24, 2.45) is 0 Å². The second kappa shape index (κ2) is 8.64. The normalized spacial score (nSPS) is 18.2. The first kappa shape index (κ1) is 20.8. The van der Waals surface area contributed by atoms with Crippen molar-refractivity contribution in [1.29, 1.82) is 0 Å². The van der Waals surface area contributed by atoms with Gasteiger partial charge in [0.1, 0.15) is 6.04 Å². The molecule has 28 heavy (non-hydrogen) atoms. The summed E-state index contributed by atoms with van der Waals surface area (Å²) in [4.78, 5) is 13.0. The molecule has 1 aliphatic rings. The van der Waals surface area contributed by atoms with Gasteiger partial charge in [-0.05, 0) is 60.7 Å². The quantitative estimate of drug-likeness (QED) is 0.765. The average molecular weight is 421 g/mol. The van der Waals surface area contributed by atoms with Crippen LogP contribution in [-0.2, 0) is 14.8 Å². The van der Waals surface area contributed by atoms with Crippen LogP contribution in [0.2, 0.25) is 5.02 Å². The highest BCUT2D eigenvalue weighted by Gasteiger charge is 2.37. The Labute approximate surface area is 171 Å². The number of anilines is 1. The number of carbonyl (C=O) groups is 1. The van der Waals surface area contributed by atoms with E-state index in [9.17, 15) is 13.2 Å². The van der Waals surface area contributed by atoms with E-state index in [1.807, 2.05) is 24.3 Å². The molecule has 3 rings (SSSR count). The number of sulfonamides is 1. The molecule has 0 aliphatic carbocycles. The Hall–Kier alpha value is -1.89. The molecule has 1 unspecified atom stereocenters. The van der Waals surface area contributed by atoms with Crippen LogP contribution >= 0.6 is 11.6 Å². The summed E-state index contributed by atoms with van der Waals surface area (Å²) in [6.07, 6.45) is 2.05. The number of nitrogens with one attached hydrogen (secondary N) is 1. The van der Waals surface area contributed by atoms with E-state index in [0.29, 0.717) is 29.6 Å². The lowest BCUT2D eigenvalue weighted by atomic mass is 10.0. The van der Waals surface area contributed by atoms with Gasteiger partial charge < -0.3 is 5.32 Å². The Morgan fingerprint density at radius 1 is 1.07 bits per heavy atom. The van der Waals surface area contributed by atoms with Gasteiger partial charge in [-0.15, -0.1) is 0 Å². The first-order chi connectivity index (χ1) is 13.3. The predicted molar refractivity (Wildman–Crippen MR) is 112 cm³/mol. The highest BCUT2D eigenvalue weighted by Crippen LogP contribution is 2.27. The lowest BCUT2D eigenvalue weighted by molar-refractivity contribution is -0.120. The van der Waals surface area contributed by atoms with E-state index in [-0.39, 0.29) is 10.8 Å². The van der Waals surface area contributed by atoms with Crippen molar-refractivity contribution in [3.8, 4) is 0 Å². The Balaban J connectivity index is 1.80. The van der Waals surface area contributed by atoms with Crippen LogP contribution < -0.4 is 5.32 Å². The van der Waals surface area contributed by atoms with Crippen LogP contribution in [0.3, 0.4) is 0 Å². The van der Waals surface area contributed by atoms with Crippen LogP contribution in [0.4, 0.5) is 5.69 Å². The van der Waals surface area contributed by atoms with E-state index in [1.165, 1.54) is 22.0 Å². The van der Waals surface area contributed by atoms with E-state index in [0.717, 1.165) is 12.8 Å². The Kier molecular flexibility index (Phi) is 6.43. The molecule has 150 valence electrons. The molecule has 7 heteroatoms. The number of hydrogen-bond acceptors (Lipinski definition) is 3. The van der Waals surface area contributed by atoms with Crippen LogP contribution in [0.15, 0.2) is 53.4 Å². The van der Waals surface area contributed by atoms with Crippen LogP contribution in [0.5, 0.6) is 0 Å². The van der Waals surface area contributed by atoms with Crippen molar-refractivity contribution in [3.63, 3.8) is 0 Å². The molecular weight excluding hydrogens is 396 g/mol. The molecule has 1 amide bonds. The zero-order valence-electron chi connectivity index (χ0n) is 16.1. The van der Waals surface area contributed by atoms with Crippen molar-refractivity contribution in [2.75, 3.05) is 11.9 Å². The molecule has 0 radical (unpaired) electrons. The number of carbonyl (C=O) groups excluding carboxylic acids is 1. The fourth-order valence-corrected chi connectivity index (χ4v) is 5.16. The SMILES string of the molecule is CC(C)c1ccc(NC(=O)C2CCCCN2S(=O)(=O)c2ccc(Cl)cc2)cc1. The largest absolute Gasteiger partial charge is 0.325 e. The first-order valence-electron chi connectivity index (χ1n) is 9.47. The third-order valence-corrected chi connectivity index (χ3v) is 7.20. The van der Waals surface area contributed by atoms with E-state index >= 15 is 0 Å². The molecular formula is C21H25ClN2O3S. The number of rotatable bonds is 5. The molecule has 1 atom stereocenters. The summed E-state index contributed by atoms with van der Waals surface area (Å²) >= 11 is 5.87. The molecule has 0 bridgehead atoms. The maximum absolute atomic E-state index is 13.1. The number of benzene rings is 2. The van der Waals surface area contributed by atoms with Crippen molar-refractivity contribution in [2.45, 2.75) is 50.0 Å². The summed E-state index contributed by atoms with van der Waals surface area (Å²) in [6, 6.07) is 13.0. The minimum atomic E-state index is -3.77. The predicted octanol–water partition coefficient (Wildman–Crippen LogP) is 4.65. The van der Waals surface area contributed by atoms with E-state index in [2.05, 4.69) is 19.2 Å². The standard InChI is InChI=1S/C21H25ClN2O3S/c1-15(2)16-6-10-18(11-7-16)23-21(25)20-5-3-4-14-24(20)28(26,27)19-12-8-17(22)9-13-19/h6-13,15,20H,3-5,14H2,1-2H3,(H,23,25). The summed E-state index contributed by atoms with van der Waals surface area (Å²) in [6.45, 7) is 4.54. The summed E-state index contributed by atoms with van der Waals surface area (Å²) in [5.41, 5.74) is 1.85. The van der Waals surface area contributed by atoms with Crippen molar-refractivity contribution >= 4 is 33.2 Å².